The number of hydrogen-bond donors (Lipinski definition) is 4. The Labute approximate surface area is 194 Å². The lowest BCUT2D eigenvalue weighted by molar-refractivity contribution is -0.121. The summed E-state index contributed by atoms with van der Waals surface area (Å²) >= 11 is 12.6. The van der Waals surface area contributed by atoms with Crippen LogP contribution in [0, 0.1) is 11.3 Å². The van der Waals surface area contributed by atoms with Gasteiger partial charge < -0.3 is 20.0 Å². The first-order chi connectivity index (χ1) is 15.3. The van der Waals surface area contributed by atoms with Crippen molar-refractivity contribution in [1.82, 2.24) is 10.7 Å². The maximum atomic E-state index is 11.9. The summed E-state index contributed by atoms with van der Waals surface area (Å²) in [7, 11) is 0. The fraction of sp³-hybridized carbons (Fsp3) is 0.190. The number of imide groups is 1. The number of aromatic hydroxyl groups is 1. The zero-order valence-corrected chi connectivity index (χ0v) is 18.5. The van der Waals surface area contributed by atoms with Crippen LogP contribution in [0.3, 0.4) is 0 Å². The summed E-state index contributed by atoms with van der Waals surface area (Å²) < 4.78 is 10.4. The Morgan fingerprint density at radius 2 is 1.97 bits per heavy atom. The number of phenols is 1. The van der Waals surface area contributed by atoms with Gasteiger partial charge in [-0.2, -0.15) is 5.26 Å². The molecular weight excluding hydrogens is 459 g/mol. The van der Waals surface area contributed by atoms with Gasteiger partial charge in [-0.3, -0.25) is 10.1 Å². The van der Waals surface area contributed by atoms with Crippen LogP contribution in [0.1, 0.15) is 12.5 Å². The van der Waals surface area contributed by atoms with Crippen LogP contribution in [0.25, 0.3) is 0 Å². The van der Waals surface area contributed by atoms with Gasteiger partial charge in [0.25, 0.3) is 5.91 Å². The molecule has 0 bridgehead atoms. The number of amides is 2. The summed E-state index contributed by atoms with van der Waals surface area (Å²) in [4.78, 5) is 23.3. The lowest BCUT2D eigenvalue weighted by Crippen LogP contribution is -2.47. The molecule has 0 aliphatic heterocycles. The van der Waals surface area contributed by atoms with E-state index in [0.29, 0.717) is 23.4 Å². The highest BCUT2D eigenvalue weighted by molar-refractivity contribution is 6.37. The van der Waals surface area contributed by atoms with Crippen LogP contribution < -0.4 is 20.9 Å². The first kappa shape index (κ1) is 24.8. The number of carbonyl (C=O) groups is 2. The SMILES string of the molecule is C=CCc1cc(Oc2c(Cl)cc(NNC(C#N)C(=O)NC(=O)OCC)cc2Cl)ccc1O. The van der Waals surface area contributed by atoms with E-state index in [0.717, 1.165) is 0 Å². The van der Waals surface area contributed by atoms with Crippen molar-refractivity contribution in [3.05, 3.63) is 58.6 Å². The standard InChI is InChI=1S/C21H20Cl2N4O5/c1-3-5-12-8-14(6-7-18(12)28)32-19-15(22)9-13(10-16(19)23)26-27-17(11-24)20(29)25-21(30)31-4-2/h3,6-10,17,26-28H,1,4-5H2,2H3,(H,25,29,30). The third-order valence-electron chi connectivity index (χ3n) is 3.89. The molecule has 2 aromatic carbocycles. The molecule has 2 aromatic rings. The number of phenolic OH excluding ortho intramolecular Hbond substituents is 1. The largest absolute Gasteiger partial charge is 0.508 e. The molecule has 1 unspecified atom stereocenters. The molecule has 2 rings (SSSR count). The van der Waals surface area contributed by atoms with Gasteiger partial charge in [-0.1, -0.05) is 29.3 Å². The minimum atomic E-state index is -1.41. The number of hydrazine groups is 1. The molecule has 0 aliphatic carbocycles. The Bertz CT molecular complexity index is 1030. The number of alkyl carbamates (subject to hydrolysis) is 1. The molecule has 0 radical (unpaired) electrons. The van der Waals surface area contributed by atoms with Crippen molar-refractivity contribution in [3.8, 4) is 23.3 Å². The summed E-state index contributed by atoms with van der Waals surface area (Å²) in [6.07, 6.45) is 1.13. The average molecular weight is 479 g/mol. The Balaban J connectivity index is 2.10. The molecule has 0 fully saturated rings. The molecule has 0 saturated carbocycles. The smallest absolute Gasteiger partial charge is 0.413 e. The number of nitriles is 1. The van der Waals surface area contributed by atoms with Gasteiger partial charge in [0.1, 0.15) is 11.5 Å². The molecule has 0 saturated heterocycles. The van der Waals surface area contributed by atoms with Crippen molar-refractivity contribution in [2.24, 2.45) is 0 Å². The predicted octanol–water partition coefficient (Wildman–Crippen LogP) is 4.30. The number of ether oxygens (including phenoxy) is 2. The quantitative estimate of drug-likeness (QED) is 0.309. The minimum Gasteiger partial charge on any atom is -0.508 e. The van der Waals surface area contributed by atoms with Crippen molar-refractivity contribution in [2.45, 2.75) is 19.4 Å². The summed E-state index contributed by atoms with van der Waals surface area (Å²) in [5.41, 5.74) is 6.04. The average Bonchev–Trinajstić information content (AvgIpc) is 2.73. The highest BCUT2D eigenvalue weighted by atomic mass is 35.5. The van der Waals surface area contributed by atoms with E-state index < -0.39 is 18.0 Å². The highest BCUT2D eigenvalue weighted by Gasteiger charge is 2.21. The van der Waals surface area contributed by atoms with E-state index in [1.807, 2.05) is 5.32 Å². The van der Waals surface area contributed by atoms with Crippen molar-refractivity contribution >= 4 is 40.9 Å². The number of allylic oxidation sites excluding steroid dienone is 1. The molecule has 32 heavy (non-hydrogen) atoms. The number of rotatable bonds is 9. The first-order valence-corrected chi connectivity index (χ1v) is 10.0. The number of nitrogens with zero attached hydrogens (tertiary/aromatic N) is 1. The zero-order chi connectivity index (χ0) is 23.7. The molecule has 0 heterocycles. The third-order valence-corrected chi connectivity index (χ3v) is 4.45. The third kappa shape index (κ3) is 6.78. The van der Waals surface area contributed by atoms with Gasteiger partial charge in [0.05, 0.1) is 28.4 Å². The normalized spacial score (nSPS) is 11.1. The van der Waals surface area contributed by atoms with E-state index in [1.165, 1.54) is 18.2 Å². The van der Waals surface area contributed by atoms with Crippen molar-refractivity contribution in [1.29, 1.82) is 5.26 Å². The van der Waals surface area contributed by atoms with Gasteiger partial charge in [0.2, 0.25) is 0 Å². The van der Waals surface area contributed by atoms with Gasteiger partial charge in [-0.05, 0) is 43.7 Å². The van der Waals surface area contributed by atoms with Crippen LogP contribution in [0.15, 0.2) is 43.0 Å². The van der Waals surface area contributed by atoms with Crippen LogP contribution in [0.2, 0.25) is 10.0 Å². The number of carbonyl (C=O) groups excluding carboxylic acids is 2. The van der Waals surface area contributed by atoms with E-state index in [9.17, 15) is 14.7 Å². The summed E-state index contributed by atoms with van der Waals surface area (Å²) in [6.45, 7) is 5.30. The molecule has 11 heteroatoms. The molecule has 0 aliphatic rings. The number of anilines is 1. The maximum absolute atomic E-state index is 11.9. The van der Waals surface area contributed by atoms with E-state index in [2.05, 4.69) is 22.2 Å². The molecule has 4 N–H and O–H groups in total. The fourth-order valence-electron chi connectivity index (χ4n) is 2.44. The van der Waals surface area contributed by atoms with Crippen molar-refractivity contribution in [3.63, 3.8) is 0 Å². The highest BCUT2D eigenvalue weighted by Crippen LogP contribution is 2.39. The second kappa shape index (κ2) is 11.8. The van der Waals surface area contributed by atoms with Gasteiger partial charge in [0, 0.05) is 5.56 Å². The second-order valence-corrected chi connectivity index (χ2v) is 7.01. The molecule has 9 nitrogen and oxygen atoms in total. The predicted molar refractivity (Wildman–Crippen MR) is 120 cm³/mol. The Morgan fingerprint density at radius 1 is 1.28 bits per heavy atom. The fourth-order valence-corrected chi connectivity index (χ4v) is 3.01. The summed E-state index contributed by atoms with van der Waals surface area (Å²) in [5, 5.41) is 21.2. The summed E-state index contributed by atoms with van der Waals surface area (Å²) in [6, 6.07) is 7.88. The molecular formula is C21H20Cl2N4O5. The van der Waals surface area contributed by atoms with Crippen LogP contribution in [0.4, 0.5) is 10.5 Å². The van der Waals surface area contributed by atoms with Gasteiger partial charge in [-0.25, -0.2) is 10.2 Å². The molecule has 0 aromatic heterocycles. The van der Waals surface area contributed by atoms with E-state index >= 15 is 0 Å². The number of hydrogen-bond acceptors (Lipinski definition) is 8. The lowest BCUT2D eigenvalue weighted by Gasteiger charge is -2.16. The minimum absolute atomic E-state index is 0.0765. The molecule has 1 atom stereocenters. The van der Waals surface area contributed by atoms with Crippen molar-refractivity contribution in [2.75, 3.05) is 12.0 Å². The van der Waals surface area contributed by atoms with Crippen LogP contribution in [0.5, 0.6) is 17.2 Å². The van der Waals surface area contributed by atoms with Gasteiger partial charge in [0.15, 0.2) is 11.8 Å². The van der Waals surface area contributed by atoms with Crippen LogP contribution in [-0.2, 0) is 16.0 Å². The van der Waals surface area contributed by atoms with E-state index in [-0.39, 0.29) is 28.2 Å². The topological polar surface area (TPSA) is 133 Å². The van der Waals surface area contributed by atoms with Crippen LogP contribution >= 0.6 is 23.2 Å². The van der Waals surface area contributed by atoms with E-state index in [4.69, 9.17) is 33.2 Å². The number of nitrogens with one attached hydrogen (secondary N) is 3. The Kier molecular flexibility index (Phi) is 9.16. The van der Waals surface area contributed by atoms with E-state index in [1.54, 1.807) is 31.2 Å². The summed E-state index contributed by atoms with van der Waals surface area (Å²) in [5.74, 6) is -0.217. The zero-order valence-electron chi connectivity index (χ0n) is 16.9. The van der Waals surface area contributed by atoms with Gasteiger partial charge >= 0.3 is 6.09 Å². The first-order valence-electron chi connectivity index (χ1n) is 9.27. The van der Waals surface area contributed by atoms with Gasteiger partial charge in [-0.15, -0.1) is 6.58 Å². The molecule has 168 valence electrons. The Morgan fingerprint density at radius 3 is 2.56 bits per heavy atom. The molecule has 2 amide bonds. The van der Waals surface area contributed by atoms with Crippen molar-refractivity contribution < 1.29 is 24.2 Å². The Hall–Kier alpha value is -3.45. The lowest BCUT2D eigenvalue weighted by atomic mass is 10.1. The second-order valence-electron chi connectivity index (χ2n) is 6.20. The number of halogens is 2. The number of benzene rings is 2. The molecule has 0 spiro atoms. The maximum Gasteiger partial charge on any atom is 0.413 e. The monoisotopic (exact) mass is 478 g/mol. The van der Waals surface area contributed by atoms with Crippen LogP contribution in [-0.4, -0.2) is 29.8 Å².